The Labute approximate surface area is 144 Å². The van der Waals surface area contributed by atoms with Crippen LogP contribution in [0.15, 0.2) is 53.6 Å². The highest BCUT2D eigenvalue weighted by Gasteiger charge is 2.08. The lowest BCUT2D eigenvalue weighted by Gasteiger charge is -2.04. The highest BCUT2D eigenvalue weighted by molar-refractivity contribution is 7.71. The first-order valence-electron chi connectivity index (χ1n) is 7.41. The van der Waals surface area contributed by atoms with E-state index in [4.69, 9.17) is 17.0 Å². The number of aromatic nitrogens is 3. The Kier molecular flexibility index (Phi) is 4.72. The summed E-state index contributed by atoms with van der Waals surface area (Å²) in [6.07, 6.45) is 1.61. The minimum absolute atomic E-state index is 0.182. The fourth-order valence-corrected chi connectivity index (χ4v) is 2.36. The van der Waals surface area contributed by atoms with Crippen LogP contribution in [-0.2, 0) is 0 Å². The molecular weight excluding hydrogens is 324 g/mol. The van der Waals surface area contributed by atoms with E-state index in [2.05, 4.69) is 15.3 Å². The lowest BCUT2D eigenvalue weighted by Crippen LogP contribution is -1.96. The predicted octanol–water partition coefficient (Wildman–Crippen LogP) is 3.59. The molecule has 0 saturated carbocycles. The molecule has 1 aromatic heterocycles. The van der Waals surface area contributed by atoms with E-state index in [1.165, 1.54) is 4.68 Å². The molecular formula is C17H16N4O2S. The van der Waals surface area contributed by atoms with Crippen LogP contribution < -0.4 is 4.74 Å². The second-order valence-corrected chi connectivity index (χ2v) is 5.35. The van der Waals surface area contributed by atoms with Crippen molar-refractivity contribution in [2.75, 3.05) is 6.61 Å². The number of benzene rings is 2. The highest BCUT2D eigenvalue weighted by Crippen LogP contribution is 2.21. The number of hydrogen-bond acceptors (Lipinski definition) is 5. The van der Waals surface area contributed by atoms with Gasteiger partial charge in [0.1, 0.15) is 11.5 Å². The summed E-state index contributed by atoms with van der Waals surface area (Å²) in [6.45, 7) is 2.56. The summed E-state index contributed by atoms with van der Waals surface area (Å²) < 4.78 is 7.36. The third-order valence-electron chi connectivity index (χ3n) is 3.27. The molecule has 0 amide bonds. The number of nitrogens with one attached hydrogen (secondary N) is 1. The van der Waals surface area contributed by atoms with E-state index in [0.717, 1.165) is 16.9 Å². The van der Waals surface area contributed by atoms with Crippen LogP contribution in [0, 0.1) is 4.77 Å². The molecule has 0 radical (unpaired) electrons. The monoisotopic (exact) mass is 340 g/mol. The molecule has 0 aliphatic rings. The predicted molar refractivity (Wildman–Crippen MR) is 95.1 cm³/mol. The second kappa shape index (κ2) is 7.10. The summed E-state index contributed by atoms with van der Waals surface area (Å²) in [5.41, 5.74) is 1.62. The third kappa shape index (κ3) is 3.52. The van der Waals surface area contributed by atoms with Gasteiger partial charge in [0.25, 0.3) is 0 Å². The van der Waals surface area contributed by atoms with Crippen molar-refractivity contribution in [3.63, 3.8) is 0 Å². The minimum Gasteiger partial charge on any atom is -0.508 e. The number of phenolic OH excluding ortho intramolecular Hbond substituents is 1. The second-order valence-electron chi connectivity index (χ2n) is 4.96. The molecule has 0 aliphatic carbocycles. The van der Waals surface area contributed by atoms with E-state index in [-0.39, 0.29) is 5.75 Å². The molecule has 0 unspecified atom stereocenters. The Morgan fingerprint density at radius 2 is 2.08 bits per heavy atom. The van der Waals surface area contributed by atoms with Crippen LogP contribution in [0.25, 0.3) is 11.4 Å². The quantitative estimate of drug-likeness (QED) is 0.550. The van der Waals surface area contributed by atoms with Gasteiger partial charge in [-0.05, 0) is 61.1 Å². The van der Waals surface area contributed by atoms with Crippen LogP contribution >= 0.6 is 12.2 Å². The maximum absolute atomic E-state index is 9.51. The van der Waals surface area contributed by atoms with Crippen LogP contribution in [0.5, 0.6) is 11.5 Å². The van der Waals surface area contributed by atoms with Crippen molar-refractivity contribution >= 4 is 18.4 Å². The van der Waals surface area contributed by atoms with Crippen LogP contribution in [-0.4, -0.2) is 32.8 Å². The van der Waals surface area contributed by atoms with Crippen LogP contribution in [0.3, 0.4) is 0 Å². The average molecular weight is 340 g/mol. The Balaban J connectivity index is 1.92. The zero-order valence-corrected chi connectivity index (χ0v) is 13.8. The van der Waals surface area contributed by atoms with Crippen molar-refractivity contribution < 1.29 is 9.84 Å². The highest BCUT2D eigenvalue weighted by atomic mass is 32.1. The van der Waals surface area contributed by atoms with Gasteiger partial charge in [-0.2, -0.15) is 14.9 Å². The molecule has 0 aliphatic heterocycles. The summed E-state index contributed by atoms with van der Waals surface area (Å²) in [7, 11) is 0. The van der Waals surface area contributed by atoms with E-state index in [1.807, 2.05) is 37.3 Å². The Bertz CT molecular complexity index is 913. The molecule has 2 aromatic carbocycles. The lowest BCUT2D eigenvalue weighted by atomic mass is 10.2. The standard InChI is InChI=1S/C17H16N4O2S/c1-2-23-15-8-6-13(7-9-15)16-19-20-17(24)21(16)18-11-12-4-3-5-14(22)10-12/h3-11,22H,2H2,1H3,(H,20,24). The third-order valence-corrected chi connectivity index (χ3v) is 3.53. The van der Waals surface area contributed by atoms with Crippen molar-refractivity contribution in [1.29, 1.82) is 0 Å². The van der Waals surface area contributed by atoms with Gasteiger partial charge >= 0.3 is 0 Å². The van der Waals surface area contributed by atoms with Crippen molar-refractivity contribution in [3.8, 4) is 22.9 Å². The molecule has 24 heavy (non-hydrogen) atoms. The van der Waals surface area contributed by atoms with E-state index in [0.29, 0.717) is 17.2 Å². The molecule has 3 aromatic rings. The van der Waals surface area contributed by atoms with Crippen molar-refractivity contribution in [1.82, 2.24) is 14.9 Å². The van der Waals surface area contributed by atoms with E-state index >= 15 is 0 Å². The largest absolute Gasteiger partial charge is 0.508 e. The fraction of sp³-hybridized carbons (Fsp3) is 0.118. The zero-order chi connectivity index (χ0) is 16.9. The normalized spacial score (nSPS) is 11.0. The number of aromatic hydroxyl groups is 1. The summed E-state index contributed by atoms with van der Waals surface area (Å²) in [6, 6.07) is 14.4. The molecule has 0 fully saturated rings. The Hall–Kier alpha value is -2.93. The first-order chi connectivity index (χ1) is 11.7. The molecule has 0 atom stereocenters. The molecule has 2 N–H and O–H groups in total. The molecule has 0 bridgehead atoms. The summed E-state index contributed by atoms with van der Waals surface area (Å²) in [5, 5.41) is 20.8. The molecule has 3 rings (SSSR count). The molecule has 0 saturated heterocycles. The Morgan fingerprint density at radius 1 is 1.29 bits per heavy atom. The number of hydrogen-bond donors (Lipinski definition) is 2. The van der Waals surface area contributed by atoms with Crippen molar-refractivity contribution in [2.24, 2.45) is 5.10 Å². The van der Waals surface area contributed by atoms with Gasteiger partial charge in [0.2, 0.25) is 4.77 Å². The topological polar surface area (TPSA) is 75.4 Å². The molecule has 6 nitrogen and oxygen atoms in total. The van der Waals surface area contributed by atoms with Gasteiger partial charge in [0, 0.05) is 5.56 Å². The number of aromatic amines is 1. The first kappa shape index (κ1) is 15.9. The van der Waals surface area contributed by atoms with E-state index < -0.39 is 0 Å². The first-order valence-corrected chi connectivity index (χ1v) is 7.82. The van der Waals surface area contributed by atoms with Gasteiger partial charge in [0.05, 0.1) is 12.8 Å². The number of phenols is 1. The maximum Gasteiger partial charge on any atom is 0.216 e. The number of rotatable bonds is 5. The van der Waals surface area contributed by atoms with Crippen LogP contribution in [0.2, 0.25) is 0 Å². The van der Waals surface area contributed by atoms with Gasteiger partial charge in [-0.3, -0.25) is 0 Å². The van der Waals surface area contributed by atoms with E-state index in [1.54, 1.807) is 24.4 Å². The van der Waals surface area contributed by atoms with E-state index in [9.17, 15) is 5.11 Å². The zero-order valence-electron chi connectivity index (χ0n) is 13.0. The maximum atomic E-state index is 9.51. The van der Waals surface area contributed by atoms with Gasteiger partial charge < -0.3 is 9.84 Å². The SMILES string of the molecule is CCOc1ccc(-c2n[nH]c(=S)n2N=Cc2cccc(O)c2)cc1. The lowest BCUT2D eigenvalue weighted by molar-refractivity contribution is 0.340. The average Bonchev–Trinajstić information content (AvgIpc) is 2.95. The molecule has 7 heteroatoms. The molecule has 0 spiro atoms. The van der Waals surface area contributed by atoms with Crippen LogP contribution in [0.1, 0.15) is 12.5 Å². The number of ether oxygens (including phenoxy) is 1. The van der Waals surface area contributed by atoms with Gasteiger partial charge in [0.15, 0.2) is 5.82 Å². The van der Waals surface area contributed by atoms with Crippen molar-refractivity contribution in [3.05, 3.63) is 58.9 Å². The smallest absolute Gasteiger partial charge is 0.216 e. The number of H-pyrrole nitrogens is 1. The fourth-order valence-electron chi connectivity index (χ4n) is 2.18. The summed E-state index contributed by atoms with van der Waals surface area (Å²) in [5.74, 6) is 1.58. The summed E-state index contributed by atoms with van der Waals surface area (Å²) in [4.78, 5) is 0. The van der Waals surface area contributed by atoms with Crippen molar-refractivity contribution in [2.45, 2.75) is 6.92 Å². The molecule has 122 valence electrons. The Morgan fingerprint density at radius 3 is 2.79 bits per heavy atom. The van der Waals surface area contributed by atoms with Crippen LogP contribution in [0.4, 0.5) is 0 Å². The van der Waals surface area contributed by atoms with Gasteiger partial charge in [-0.15, -0.1) is 0 Å². The molecule has 1 heterocycles. The van der Waals surface area contributed by atoms with Gasteiger partial charge in [-0.1, -0.05) is 12.1 Å². The summed E-state index contributed by atoms with van der Waals surface area (Å²) >= 11 is 5.24. The minimum atomic E-state index is 0.182. The van der Waals surface area contributed by atoms with Gasteiger partial charge in [-0.25, -0.2) is 5.10 Å². The number of nitrogens with zero attached hydrogens (tertiary/aromatic N) is 3.